The number of carbonyl (C=O) groups excluding carboxylic acids is 1. The van der Waals surface area contributed by atoms with Gasteiger partial charge in [0.1, 0.15) is 0 Å². The molecule has 1 N–H and O–H groups in total. The number of fused-ring (bicyclic) bond motifs is 1. The first kappa shape index (κ1) is 18.4. The van der Waals surface area contributed by atoms with E-state index in [1.807, 2.05) is 23.1 Å². The van der Waals surface area contributed by atoms with Crippen LogP contribution in [0, 0.1) is 10.1 Å². The molecule has 4 rings (SSSR count). The number of nitro benzene ring substituents is 1. The molecule has 144 valence electrons. The number of thiazole rings is 1. The van der Waals surface area contributed by atoms with Gasteiger partial charge < -0.3 is 10.2 Å². The van der Waals surface area contributed by atoms with Crippen molar-refractivity contribution in [3.8, 4) is 0 Å². The third-order valence-electron chi connectivity index (χ3n) is 4.93. The summed E-state index contributed by atoms with van der Waals surface area (Å²) in [5, 5.41) is 15.0. The van der Waals surface area contributed by atoms with E-state index in [1.54, 1.807) is 23.5 Å². The number of aromatic nitrogens is 1. The van der Waals surface area contributed by atoms with Crippen LogP contribution < -0.4 is 5.32 Å². The van der Waals surface area contributed by atoms with E-state index in [0.717, 1.165) is 29.9 Å². The maximum absolute atomic E-state index is 12.7. The summed E-state index contributed by atoms with van der Waals surface area (Å²) in [7, 11) is 0. The van der Waals surface area contributed by atoms with Crippen LogP contribution in [-0.4, -0.2) is 40.3 Å². The molecule has 1 amide bonds. The number of hydrogen-bond donors (Lipinski definition) is 1. The standard InChI is InChI=1S/C20H20N4O3S/c25-19(12-21-15-6-3-7-16(11-15)24(26)27)23-10-4-5-14(13-23)20-22-17-8-1-2-9-18(17)28-20/h1-3,6-9,11,14,21H,4-5,10,12-13H2/t14-/m0/s1. The molecule has 1 aliphatic rings. The van der Waals surface area contributed by atoms with E-state index in [1.165, 1.54) is 16.8 Å². The number of piperidine rings is 1. The molecule has 2 heterocycles. The van der Waals surface area contributed by atoms with Gasteiger partial charge in [-0.3, -0.25) is 14.9 Å². The Morgan fingerprint density at radius 3 is 2.96 bits per heavy atom. The zero-order valence-corrected chi connectivity index (χ0v) is 16.0. The lowest BCUT2D eigenvalue weighted by Crippen LogP contribution is -2.41. The van der Waals surface area contributed by atoms with E-state index in [9.17, 15) is 14.9 Å². The quantitative estimate of drug-likeness (QED) is 0.520. The number of carbonyl (C=O) groups is 1. The minimum atomic E-state index is -0.444. The molecule has 0 radical (unpaired) electrons. The Kier molecular flexibility index (Phi) is 5.21. The minimum absolute atomic E-state index is 0.00248. The highest BCUT2D eigenvalue weighted by Gasteiger charge is 2.26. The maximum Gasteiger partial charge on any atom is 0.271 e. The second-order valence-corrected chi connectivity index (χ2v) is 7.92. The van der Waals surface area contributed by atoms with Gasteiger partial charge in [0.05, 0.1) is 26.7 Å². The van der Waals surface area contributed by atoms with Crippen LogP contribution in [0.15, 0.2) is 48.5 Å². The van der Waals surface area contributed by atoms with Crippen LogP contribution in [0.25, 0.3) is 10.2 Å². The smallest absolute Gasteiger partial charge is 0.271 e. The number of para-hydroxylation sites is 1. The zero-order chi connectivity index (χ0) is 19.5. The van der Waals surface area contributed by atoms with Crippen molar-refractivity contribution in [3.05, 3.63) is 63.7 Å². The van der Waals surface area contributed by atoms with Gasteiger partial charge in [-0.05, 0) is 31.0 Å². The van der Waals surface area contributed by atoms with Crippen molar-refractivity contribution < 1.29 is 9.72 Å². The highest BCUT2D eigenvalue weighted by molar-refractivity contribution is 7.18. The lowest BCUT2D eigenvalue weighted by molar-refractivity contribution is -0.384. The Labute approximate surface area is 166 Å². The topological polar surface area (TPSA) is 88.4 Å². The van der Waals surface area contributed by atoms with Crippen LogP contribution in [0.5, 0.6) is 0 Å². The van der Waals surface area contributed by atoms with Crippen LogP contribution in [0.1, 0.15) is 23.8 Å². The highest BCUT2D eigenvalue weighted by Crippen LogP contribution is 2.33. The molecule has 1 aromatic heterocycles. The molecule has 0 bridgehead atoms. The summed E-state index contributed by atoms with van der Waals surface area (Å²) in [6.07, 6.45) is 1.98. The average Bonchev–Trinajstić information content (AvgIpc) is 3.16. The molecule has 0 saturated carbocycles. The van der Waals surface area contributed by atoms with Crippen molar-refractivity contribution in [1.82, 2.24) is 9.88 Å². The summed E-state index contributed by atoms with van der Waals surface area (Å²) in [6, 6.07) is 14.3. The van der Waals surface area contributed by atoms with Crippen LogP contribution in [0.2, 0.25) is 0 Å². The van der Waals surface area contributed by atoms with E-state index in [0.29, 0.717) is 12.2 Å². The SMILES string of the molecule is O=C(CNc1cccc([N+](=O)[O-])c1)N1CCC[C@H](c2nc3ccccc3s2)C1. The molecule has 1 fully saturated rings. The second kappa shape index (κ2) is 7.93. The summed E-state index contributed by atoms with van der Waals surface area (Å²) >= 11 is 1.70. The monoisotopic (exact) mass is 396 g/mol. The first-order chi connectivity index (χ1) is 13.6. The molecule has 0 spiro atoms. The summed E-state index contributed by atoms with van der Waals surface area (Å²) < 4.78 is 1.17. The van der Waals surface area contributed by atoms with Crippen molar-refractivity contribution in [2.75, 3.05) is 25.0 Å². The fourth-order valence-corrected chi connectivity index (χ4v) is 4.58. The van der Waals surface area contributed by atoms with Crippen LogP contribution in [-0.2, 0) is 4.79 Å². The highest BCUT2D eigenvalue weighted by atomic mass is 32.1. The second-order valence-electron chi connectivity index (χ2n) is 6.86. The largest absolute Gasteiger partial charge is 0.376 e. The van der Waals surface area contributed by atoms with Gasteiger partial charge in [0.2, 0.25) is 5.91 Å². The van der Waals surface area contributed by atoms with Gasteiger partial charge in [0.25, 0.3) is 5.69 Å². The minimum Gasteiger partial charge on any atom is -0.376 e. The molecule has 28 heavy (non-hydrogen) atoms. The molecule has 2 aromatic carbocycles. The first-order valence-corrected chi connectivity index (χ1v) is 10.0. The number of non-ortho nitro benzene ring substituents is 1. The Balaban J connectivity index is 1.39. The summed E-state index contributed by atoms with van der Waals surface area (Å²) in [4.78, 5) is 29.7. The fourth-order valence-electron chi connectivity index (χ4n) is 3.49. The van der Waals surface area contributed by atoms with Gasteiger partial charge >= 0.3 is 0 Å². The van der Waals surface area contributed by atoms with Gasteiger partial charge in [0.15, 0.2) is 0 Å². The molecule has 1 saturated heterocycles. The molecule has 7 nitrogen and oxygen atoms in total. The van der Waals surface area contributed by atoms with E-state index in [2.05, 4.69) is 11.4 Å². The molecule has 8 heteroatoms. The summed E-state index contributed by atoms with van der Waals surface area (Å²) in [6.45, 7) is 1.51. The Morgan fingerprint density at radius 2 is 2.14 bits per heavy atom. The van der Waals surface area contributed by atoms with Gasteiger partial charge in [-0.1, -0.05) is 18.2 Å². The number of nitro groups is 1. The molecule has 0 aliphatic carbocycles. The summed E-state index contributed by atoms with van der Waals surface area (Å²) in [5.41, 5.74) is 1.59. The predicted octanol–water partition coefficient (Wildman–Crippen LogP) is 4.02. The van der Waals surface area contributed by atoms with E-state index < -0.39 is 4.92 Å². The first-order valence-electron chi connectivity index (χ1n) is 9.22. The molecule has 1 aliphatic heterocycles. The normalized spacial score (nSPS) is 16.9. The average molecular weight is 396 g/mol. The lowest BCUT2D eigenvalue weighted by Gasteiger charge is -2.32. The molecular formula is C20H20N4O3S. The number of nitrogens with one attached hydrogen (secondary N) is 1. The Morgan fingerprint density at radius 1 is 1.29 bits per heavy atom. The van der Waals surface area contributed by atoms with Crippen LogP contribution in [0.4, 0.5) is 11.4 Å². The number of amides is 1. The third kappa shape index (κ3) is 3.96. The Bertz CT molecular complexity index is 986. The maximum atomic E-state index is 12.7. The predicted molar refractivity (Wildman–Crippen MR) is 110 cm³/mol. The van der Waals surface area contributed by atoms with Crippen molar-refractivity contribution in [2.24, 2.45) is 0 Å². The zero-order valence-electron chi connectivity index (χ0n) is 15.2. The van der Waals surface area contributed by atoms with Crippen molar-refractivity contribution in [2.45, 2.75) is 18.8 Å². The Hall–Kier alpha value is -3.00. The van der Waals surface area contributed by atoms with Crippen molar-refractivity contribution >= 4 is 38.8 Å². The molecular weight excluding hydrogens is 376 g/mol. The number of anilines is 1. The lowest BCUT2D eigenvalue weighted by atomic mass is 9.98. The summed E-state index contributed by atoms with van der Waals surface area (Å²) in [5.74, 6) is 0.255. The number of likely N-dealkylation sites (tertiary alicyclic amines) is 1. The molecule has 0 unspecified atom stereocenters. The van der Waals surface area contributed by atoms with E-state index in [4.69, 9.17) is 4.98 Å². The van der Waals surface area contributed by atoms with E-state index >= 15 is 0 Å². The van der Waals surface area contributed by atoms with Crippen molar-refractivity contribution in [3.63, 3.8) is 0 Å². The fraction of sp³-hybridized carbons (Fsp3) is 0.300. The van der Waals surface area contributed by atoms with Crippen LogP contribution >= 0.6 is 11.3 Å². The number of rotatable bonds is 5. The van der Waals surface area contributed by atoms with Gasteiger partial charge in [-0.25, -0.2) is 4.98 Å². The van der Waals surface area contributed by atoms with Crippen molar-refractivity contribution in [1.29, 1.82) is 0 Å². The van der Waals surface area contributed by atoms with Gasteiger partial charge in [0, 0.05) is 36.8 Å². The number of benzene rings is 2. The molecule has 1 atom stereocenters. The van der Waals surface area contributed by atoms with E-state index in [-0.39, 0.29) is 24.1 Å². The van der Waals surface area contributed by atoms with Gasteiger partial charge in [-0.2, -0.15) is 0 Å². The number of hydrogen-bond acceptors (Lipinski definition) is 6. The molecule has 3 aromatic rings. The number of nitrogens with zero attached hydrogens (tertiary/aromatic N) is 3. The van der Waals surface area contributed by atoms with Crippen LogP contribution in [0.3, 0.4) is 0 Å². The third-order valence-corrected chi connectivity index (χ3v) is 6.13. The van der Waals surface area contributed by atoms with Gasteiger partial charge in [-0.15, -0.1) is 11.3 Å².